The van der Waals surface area contributed by atoms with Crippen molar-refractivity contribution in [2.45, 2.75) is 268 Å². The summed E-state index contributed by atoms with van der Waals surface area (Å²) in [5, 5.41) is 86.2. The molecule has 8 aliphatic rings. The van der Waals surface area contributed by atoms with Gasteiger partial charge in [0, 0.05) is 139 Å². The summed E-state index contributed by atoms with van der Waals surface area (Å²) < 4.78 is 136. The predicted molar refractivity (Wildman–Crippen MR) is 516 cm³/mol. The van der Waals surface area contributed by atoms with Crippen molar-refractivity contribution in [1.82, 2.24) is 105 Å². The Balaban J connectivity index is 0.000000166. The first-order chi connectivity index (χ1) is 65.0. The highest BCUT2D eigenvalue weighted by Crippen LogP contribution is 2.45. The van der Waals surface area contributed by atoms with Crippen LogP contribution in [-0.2, 0) is 75.7 Å². The van der Waals surface area contributed by atoms with Gasteiger partial charge >= 0.3 is 18.5 Å². The minimum atomic E-state index is -4.56. The van der Waals surface area contributed by atoms with Crippen LogP contribution in [0.15, 0.2) is 84.9 Å². The molecule has 44 heteroatoms. The van der Waals surface area contributed by atoms with E-state index in [2.05, 4.69) is 113 Å². The number of aromatic amines is 1. The van der Waals surface area contributed by atoms with E-state index in [0.717, 1.165) is 213 Å². The number of hydrogen-bond acceptors (Lipinski definition) is 26. The number of carbonyl (C=O) groups excluding carboxylic acids is 4. The van der Waals surface area contributed by atoms with Gasteiger partial charge in [-0.3, -0.25) is 58.5 Å². The molecule has 0 spiro atoms. The Hall–Kier alpha value is -10.6. The number of nitrogens with zero attached hydrogens (tertiary/aromatic N) is 16. The largest absolute Gasteiger partial charge is 0.433 e. The monoisotopic (exact) mass is 1990 g/mol. The van der Waals surface area contributed by atoms with Crippen LogP contribution in [0.4, 0.5) is 67.2 Å². The van der Waals surface area contributed by atoms with Gasteiger partial charge < -0.3 is 63.0 Å². The molecule has 4 saturated heterocycles. The molecule has 0 radical (unpaired) electrons. The summed E-state index contributed by atoms with van der Waals surface area (Å²) in [6.07, 6.45) is 7.65. The number of benzene rings is 1. The fraction of sp³-hybridized carbons (Fsp3) is 0.615. The van der Waals surface area contributed by atoms with Crippen LogP contribution < -0.4 is 42.5 Å². The maximum atomic E-state index is 14.5. The molecule has 1 aromatic carbocycles. The zero-order valence-corrected chi connectivity index (χ0v) is 78.8. The van der Waals surface area contributed by atoms with Gasteiger partial charge in [0.2, 0.25) is 23.6 Å². The second-order valence-corrected chi connectivity index (χ2v) is 39.3. The first-order valence-corrected chi connectivity index (χ1v) is 48.0. The molecule has 2 atom stereocenters. The molecular weight excluding hydrogens is 1850 g/mol. The molecule has 4 aliphatic heterocycles. The van der Waals surface area contributed by atoms with Gasteiger partial charge in [-0.05, 0) is 196 Å². The lowest BCUT2D eigenvalue weighted by Crippen LogP contribution is -2.63. The van der Waals surface area contributed by atoms with Crippen LogP contribution in [0.1, 0.15) is 204 Å². The van der Waals surface area contributed by atoms with Gasteiger partial charge in [0.05, 0.1) is 111 Å². The molecule has 4 saturated carbocycles. The van der Waals surface area contributed by atoms with E-state index in [1.54, 1.807) is 48.8 Å². The van der Waals surface area contributed by atoms with E-state index in [9.17, 15) is 83.5 Å². The molecule has 8 fully saturated rings. The van der Waals surface area contributed by atoms with Gasteiger partial charge in [-0.1, -0.05) is 48.3 Å². The first kappa shape index (κ1) is 108. The lowest BCUT2D eigenvalue weighted by atomic mass is 9.77. The average molecular weight is 1990 g/mol. The summed E-state index contributed by atoms with van der Waals surface area (Å²) in [6, 6.07) is 15.6. The van der Waals surface area contributed by atoms with Crippen molar-refractivity contribution in [3.63, 3.8) is 0 Å². The Morgan fingerprint density at radius 1 is 0.471 bits per heavy atom. The molecule has 0 bridgehead atoms. The molecule has 13 N–H and O–H groups in total. The SMILES string of the molecule is C.C.C.CCC(O)C1CCC(N2CC(NC(=O)CNc3nn(C)c4ncc(C(F)(F)F)cc34)C2)CC1.CCC(O)C1CCC(N2CC(NC(=O)CNc3nn(C)c4ncc(C(F)(F)F)cc34)C2)CC1.Cc1ccc(C2(O)CCC(N3CC(NC(=O)CNc4nn(C)c5ccc(C(C)(C)F)cc45)C3)CC2)cn1.O=C(CNc1n[nH]c2ccc(C(F)(F)F)nc12)NC1CN(C2CCC(O)(c3cncs3)CC2)C1. The smallest absolute Gasteiger partial charge is 0.393 e. The minimum absolute atomic E-state index is 0. The van der Waals surface area contributed by atoms with Crippen molar-refractivity contribution in [3.8, 4) is 0 Å². The Morgan fingerprint density at radius 3 is 1.24 bits per heavy atom. The van der Waals surface area contributed by atoms with E-state index in [1.165, 1.54) is 40.6 Å². The van der Waals surface area contributed by atoms with E-state index in [-0.39, 0.29) is 142 Å². The number of hydrogen-bond donors (Lipinski definition) is 13. The van der Waals surface area contributed by atoms with Crippen LogP contribution in [0, 0.1) is 18.8 Å². The van der Waals surface area contributed by atoms with E-state index in [1.807, 2.05) is 46.0 Å². The Morgan fingerprint density at radius 2 is 0.864 bits per heavy atom. The molecule has 4 aliphatic carbocycles. The third kappa shape index (κ3) is 26.1. The normalized spacial score (nSPS) is 23.0. The zero-order valence-electron chi connectivity index (χ0n) is 78.0. The number of pyridine rings is 4. The molecule has 768 valence electrons. The molecule has 2 unspecified atom stereocenters. The first-order valence-electron chi connectivity index (χ1n) is 47.1. The van der Waals surface area contributed by atoms with Crippen LogP contribution in [-0.4, -0.2) is 267 Å². The number of rotatable bonds is 27. The number of nitrogens with one attached hydrogen (secondary N) is 9. The topological polar surface area (TPSA) is 405 Å². The highest BCUT2D eigenvalue weighted by molar-refractivity contribution is 7.09. The van der Waals surface area contributed by atoms with E-state index in [0.29, 0.717) is 77.0 Å². The number of likely N-dealkylation sites (tertiary alicyclic amines) is 4. The summed E-state index contributed by atoms with van der Waals surface area (Å²) in [6.45, 7) is 15.1. The number of halogens is 10. The van der Waals surface area contributed by atoms with Gasteiger partial charge in [-0.15, -0.1) is 11.3 Å². The third-order valence-electron chi connectivity index (χ3n) is 28.4. The molecule has 4 amide bonds. The van der Waals surface area contributed by atoms with Gasteiger partial charge in [0.1, 0.15) is 22.5 Å². The Labute approximate surface area is 811 Å². The van der Waals surface area contributed by atoms with Gasteiger partial charge in [0.15, 0.2) is 34.6 Å². The van der Waals surface area contributed by atoms with E-state index >= 15 is 0 Å². The van der Waals surface area contributed by atoms with Gasteiger partial charge in [-0.2, -0.15) is 59.9 Å². The number of fused-ring (bicyclic) bond motifs is 4. The number of alkyl halides is 10. The number of amides is 4. The van der Waals surface area contributed by atoms with Gasteiger partial charge in [-0.25, -0.2) is 28.7 Å². The highest BCUT2D eigenvalue weighted by Gasteiger charge is 2.46. The standard InChI is InChI=1S/C28H37FN6O2.2C22H31F3N6O2.C21H24F3N7O2S.3CH4/c1-18-5-6-20(14-30-18)28(37)11-9-22(10-12-28)35-16-21(17-35)32-25(36)15-31-26-23-13-19(27(2,3)29)7-8-24(23)34(4)33-26;2*1-3-18(32)13-4-6-16(7-5-13)31-11-15(12-31)28-19(33)10-26-20-17-8-14(22(23,24)25)9-27-21(17)30(2)29-20;22-21(23,24)15-2-1-14-18(28-15)19(30-29-14)26-8-17(32)27-12-9-31(10-12)13-3-5-20(33,6-4-13)16-7-25-11-34-16;;;/h5-8,13-14,21-22,37H,9-12,15-17H2,1-4H3,(H,31,33)(H,32,36);2*8-9,13,15-16,18,32H,3-7,10-12H2,1-2H3,(H,26,29)(H,28,33);1-2,7,11-13,33H,3-6,8-10H2,(H,27,32)(H2,26,29,30);3*1H4. The van der Waals surface area contributed by atoms with Gasteiger partial charge in [0.25, 0.3) is 0 Å². The average Bonchev–Trinajstić information content (AvgIpc) is 1.59. The number of aromatic nitrogens is 13. The van der Waals surface area contributed by atoms with Crippen LogP contribution in [0.25, 0.3) is 44.0 Å². The van der Waals surface area contributed by atoms with Crippen LogP contribution in [0.3, 0.4) is 0 Å². The van der Waals surface area contributed by atoms with E-state index in [4.69, 9.17) is 0 Å². The number of anilines is 4. The number of aliphatic hydroxyl groups is 4. The number of carbonyl (C=O) groups is 4. The second kappa shape index (κ2) is 45.3. The van der Waals surface area contributed by atoms with Crippen molar-refractivity contribution in [1.29, 1.82) is 0 Å². The molecule has 13 heterocycles. The quantitative estimate of drug-likeness (QED) is 0.0213. The van der Waals surface area contributed by atoms with E-state index < -0.39 is 52.2 Å². The molecular formula is C96H135F10N25O8S. The summed E-state index contributed by atoms with van der Waals surface area (Å²) in [5.41, 5.74) is 0.281. The zero-order chi connectivity index (χ0) is 97.8. The number of H-pyrrole nitrogens is 1. The lowest BCUT2D eigenvalue weighted by Gasteiger charge is -2.48. The summed E-state index contributed by atoms with van der Waals surface area (Å²) >= 11 is 1.48. The number of aryl methyl sites for hydroxylation is 4. The van der Waals surface area contributed by atoms with Crippen molar-refractivity contribution < 1.29 is 83.5 Å². The Kier molecular flexibility index (Phi) is 35.0. The number of thiazole rings is 1. The molecule has 9 aromatic heterocycles. The summed E-state index contributed by atoms with van der Waals surface area (Å²) in [4.78, 5) is 79.8. The highest BCUT2D eigenvalue weighted by atomic mass is 32.1. The maximum Gasteiger partial charge on any atom is 0.433 e. The molecule has 33 nitrogen and oxygen atoms in total. The van der Waals surface area contributed by atoms with Crippen molar-refractivity contribution in [2.75, 3.05) is 99.8 Å². The molecule has 10 aromatic rings. The molecule has 18 rings (SSSR count). The maximum absolute atomic E-state index is 14.5. The van der Waals surface area contributed by atoms with Crippen molar-refractivity contribution in [3.05, 3.63) is 123 Å². The van der Waals surface area contributed by atoms with Crippen LogP contribution in [0.2, 0.25) is 0 Å². The van der Waals surface area contributed by atoms with Crippen LogP contribution >= 0.6 is 11.3 Å². The summed E-state index contributed by atoms with van der Waals surface area (Å²) in [7, 11) is 5.01. The summed E-state index contributed by atoms with van der Waals surface area (Å²) in [5.74, 6) is 1.06. The third-order valence-corrected chi connectivity index (χ3v) is 29.4. The van der Waals surface area contributed by atoms with Crippen molar-refractivity contribution in [2.24, 2.45) is 33.0 Å². The minimum Gasteiger partial charge on any atom is -0.393 e. The fourth-order valence-electron chi connectivity index (χ4n) is 20.2. The number of aliphatic hydroxyl groups excluding tert-OH is 2. The second-order valence-electron chi connectivity index (χ2n) is 38.4. The lowest BCUT2D eigenvalue weighted by molar-refractivity contribution is -0.141. The van der Waals surface area contributed by atoms with Crippen LogP contribution in [0.5, 0.6) is 0 Å². The van der Waals surface area contributed by atoms with Crippen molar-refractivity contribution >= 4 is 102 Å². The molecule has 140 heavy (non-hydrogen) atoms. The predicted octanol–water partition coefficient (Wildman–Crippen LogP) is 13.0. The fourth-order valence-corrected chi connectivity index (χ4v) is 20.9. The Bertz CT molecular complexity index is 5620.